The first-order chi connectivity index (χ1) is 13.1. The van der Waals surface area contributed by atoms with Crippen LogP contribution in [0, 0.1) is 49.9 Å². The Kier molecular flexibility index (Phi) is 6.01. The predicted molar refractivity (Wildman–Crippen MR) is 97.8 cm³/mol. The number of carbonyl (C=O) groups is 2. The zero-order valence-electron chi connectivity index (χ0n) is 14.8. The quantitative estimate of drug-likeness (QED) is 0.566. The summed E-state index contributed by atoms with van der Waals surface area (Å²) in [7, 11) is 0. The Morgan fingerprint density at radius 1 is 1.46 bits per heavy atom. The van der Waals surface area contributed by atoms with Gasteiger partial charge in [0.25, 0.3) is 5.69 Å². The van der Waals surface area contributed by atoms with Gasteiger partial charge in [-0.1, -0.05) is 25.6 Å². The van der Waals surface area contributed by atoms with Gasteiger partial charge in [-0.3, -0.25) is 19.7 Å². The highest BCUT2D eigenvalue weighted by molar-refractivity contribution is 8.03. The van der Waals surface area contributed by atoms with Crippen molar-refractivity contribution in [2.75, 3.05) is 11.1 Å². The Hall–Kier alpha value is -3.44. The maximum atomic E-state index is 13.8. The van der Waals surface area contributed by atoms with Crippen LogP contribution in [0.15, 0.2) is 28.8 Å². The zero-order valence-corrected chi connectivity index (χ0v) is 15.6. The number of hydrogen-bond donors (Lipinski definition) is 2. The molecule has 0 radical (unpaired) electrons. The number of benzene rings is 1. The van der Waals surface area contributed by atoms with E-state index in [9.17, 15) is 29.4 Å². The molecule has 11 heteroatoms. The minimum Gasteiger partial charge on any atom is -0.323 e. The maximum Gasteiger partial charge on any atom is 0.271 e. The molecular weight excluding hydrogens is 389 g/mol. The fourth-order valence-corrected chi connectivity index (χ4v) is 3.55. The second-order valence-corrected chi connectivity index (χ2v) is 7.33. The Labute approximate surface area is 163 Å². The fourth-order valence-electron chi connectivity index (χ4n) is 2.58. The highest BCUT2D eigenvalue weighted by Gasteiger charge is 2.44. The van der Waals surface area contributed by atoms with E-state index in [1.54, 1.807) is 13.8 Å². The second-order valence-electron chi connectivity index (χ2n) is 6.35. The van der Waals surface area contributed by atoms with Crippen LogP contribution in [0.1, 0.15) is 13.8 Å². The molecule has 0 saturated carbocycles. The number of halogens is 1. The Morgan fingerprint density at radius 3 is 2.71 bits per heavy atom. The van der Waals surface area contributed by atoms with Gasteiger partial charge in [0, 0.05) is 17.5 Å². The minimum atomic E-state index is -1.06. The number of allylic oxidation sites excluding steroid dienone is 1. The van der Waals surface area contributed by atoms with Gasteiger partial charge in [0.1, 0.15) is 11.7 Å². The van der Waals surface area contributed by atoms with Gasteiger partial charge in [-0.25, -0.2) is 4.39 Å². The van der Waals surface area contributed by atoms with E-state index in [1.165, 1.54) is 0 Å². The molecule has 144 valence electrons. The molecule has 1 aliphatic heterocycles. The molecule has 28 heavy (non-hydrogen) atoms. The molecule has 1 atom stereocenters. The first kappa shape index (κ1) is 20.9. The van der Waals surface area contributed by atoms with Crippen LogP contribution in [0.4, 0.5) is 15.8 Å². The van der Waals surface area contributed by atoms with E-state index >= 15 is 0 Å². The van der Waals surface area contributed by atoms with E-state index in [0.717, 1.165) is 30.0 Å². The molecule has 1 aromatic rings. The lowest BCUT2D eigenvalue weighted by atomic mass is 9.72. The maximum absolute atomic E-state index is 13.8. The van der Waals surface area contributed by atoms with E-state index in [-0.39, 0.29) is 27.7 Å². The number of rotatable bonds is 5. The summed E-state index contributed by atoms with van der Waals surface area (Å²) in [6.45, 7) is 3.16. The summed E-state index contributed by atoms with van der Waals surface area (Å²) in [5.41, 5.74) is -1.64. The molecule has 0 spiro atoms. The van der Waals surface area contributed by atoms with Crippen molar-refractivity contribution < 1.29 is 18.9 Å². The van der Waals surface area contributed by atoms with Crippen LogP contribution < -0.4 is 10.6 Å². The Balaban J connectivity index is 2.16. The van der Waals surface area contributed by atoms with Crippen molar-refractivity contribution in [2.24, 2.45) is 11.3 Å². The molecule has 0 unspecified atom stereocenters. The summed E-state index contributed by atoms with van der Waals surface area (Å²) in [4.78, 5) is 34.2. The molecule has 1 heterocycles. The summed E-state index contributed by atoms with van der Waals surface area (Å²) in [6, 6.07) is 6.54. The molecular formula is C17H14FN5O4S. The lowest BCUT2D eigenvalue weighted by molar-refractivity contribution is -0.384. The predicted octanol–water partition coefficient (Wildman–Crippen LogP) is 2.44. The highest BCUT2D eigenvalue weighted by Crippen LogP contribution is 2.41. The molecule has 0 saturated heterocycles. The number of nitriles is 2. The normalized spacial score (nSPS) is 17.9. The third kappa shape index (κ3) is 4.10. The number of nitro benzene ring substituents is 1. The fraction of sp³-hybridized carbons (Fsp3) is 0.294. The Bertz CT molecular complexity index is 977. The number of carbonyl (C=O) groups excluding carboxylic acids is 2. The third-order valence-corrected chi connectivity index (χ3v) is 5.12. The van der Waals surface area contributed by atoms with E-state index < -0.39 is 33.9 Å². The average molecular weight is 403 g/mol. The van der Waals surface area contributed by atoms with Gasteiger partial charge < -0.3 is 10.6 Å². The molecule has 0 bridgehead atoms. The number of non-ortho nitro benzene ring substituents is 1. The second kappa shape index (κ2) is 8.06. The van der Waals surface area contributed by atoms with Gasteiger partial charge >= 0.3 is 0 Å². The van der Waals surface area contributed by atoms with Crippen molar-refractivity contribution in [3.8, 4) is 12.1 Å². The molecule has 0 aromatic heterocycles. The average Bonchev–Trinajstić information content (AvgIpc) is 2.61. The zero-order chi connectivity index (χ0) is 21.1. The number of amides is 2. The van der Waals surface area contributed by atoms with Gasteiger partial charge in [0.05, 0.1) is 39.1 Å². The summed E-state index contributed by atoms with van der Waals surface area (Å²) < 4.78 is 13.8. The van der Waals surface area contributed by atoms with E-state index in [4.69, 9.17) is 5.26 Å². The van der Waals surface area contributed by atoms with Gasteiger partial charge in [-0.15, -0.1) is 0 Å². The summed E-state index contributed by atoms with van der Waals surface area (Å²) in [6.07, 6.45) is 0. The van der Waals surface area contributed by atoms with Gasteiger partial charge in [-0.05, 0) is 6.07 Å². The molecule has 0 fully saturated rings. The standard InChI is InChI=1S/C17H14FN5O4S/c1-17(2)10(6-19)15(25)22-16(11(17)7-20)28-8-14(24)21-13-5-9(23(26)27)3-4-12(13)18/h3-5,10H,8H2,1-2H3,(H,21,24)(H,22,25)/t10-/m1/s1. The monoisotopic (exact) mass is 403 g/mol. The van der Waals surface area contributed by atoms with Crippen LogP contribution in [0.25, 0.3) is 0 Å². The van der Waals surface area contributed by atoms with Crippen LogP contribution in [0.2, 0.25) is 0 Å². The molecule has 2 amide bonds. The van der Waals surface area contributed by atoms with Crippen molar-refractivity contribution in [3.05, 3.63) is 44.7 Å². The number of hydrogen-bond acceptors (Lipinski definition) is 7. The van der Waals surface area contributed by atoms with Crippen LogP contribution in [0.5, 0.6) is 0 Å². The first-order valence-corrected chi connectivity index (χ1v) is 8.82. The third-order valence-electron chi connectivity index (χ3n) is 4.12. The SMILES string of the molecule is CC1(C)C(C#N)=C(SCC(=O)Nc2cc([N+](=O)[O-])ccc2F)NC(=O)[C@H]1C#N. The summed E-state index contributed by atoms with van der Waals surface area (Å²) in [5.74, 6) is -3.47. The minimum absolute atomic E-state index is 0.138. The van der Waals surface area contributed by atoms with Gasteiger partial charge in [0.2, 0.25) is 11.8 Å². The highest BCUT2D eigenvalue weighted by atomic mass is 32.2. The Morgan fingerprint density at radius 2 is 2.14 bits per heavy atom. The molecule has 2 N–H and O–H groups in total. The van der Waals surface area contributed by atoms with Crippen LogP contribution in [-0.2, 0) is 9.59 Å². The largest absolute Gasteiger partial charge is 0.323 e. The van der Waals surface area contributed by atoms with Crippen molar-refractivity contribution in [2.45, 2.75) is 13.8 Å². The molecule has 1 aliphatic rings. The van der Waals surface area contributed by atoms with Gasteiger partial charge in [-0.2, -0.15) is 10.5 Å². The number of anilines is 1. The molecule has 1 aromatic carbocycles. The van der Waals surface area contributed by atoms with E-state index in [0.29, 0.717) is 0 Å². The number of thioether (sulfide) groups is 1. The van der Waals surface area contributed by atoms with Crippen LogP contribution in [-0.4, -0.2) is 22.5 Å². The molecule has 0 aliphatic carbocycles. The van der Waals surface area contributed by atoms with E-state index in [1.807, 2.05) is 12.1 Å². The van der Waals surface area contributed by atoms with Crippen molar-refractivity contribution in [1.82, 2.24) is 5.32 Å². The van der Waals surface area contributed by atoms with Crippen molar-refractivity contribution in [3.63, 3.8) is 0 Å². The number of nitrogens with one attached hydrogen (secondary N) is 2. The molecule has 9 nitrogen and oxygen atoms in total. The number of nitrogens with zero attached hydrogens (tertiary/aromatic N) is 3. The first-order valence-electron chi connectivity index (χ1n) is 7.83. The van der Waals surface area contributed by atoms with Gasteiger partial charge in [0.15, 0.2) is 0 Å². The lowest BCUT2D eigenvalue weighted by Gasteiger charge is -2.34. The smallest absolute Gasteiger partial charge is 0.271 e. The van der Waals surface area contributed by atoms with Crippen molar-refractivity contribution in [1.29, 1.82) is 10.5 Å². The summed E-state index contributed by atoms with van der Waals surface area (Å²) in [5, 5.41) is 34.2. The summed E-state index contributed by atoms with van der Waals surface area (Å²) >= 11 is 0.840. The van der Waals surface area contributed by atoms with Crippen molar-refractivity contribution >= 4 is 35.0 Å². The van der Waals surface area contributed by atoms with Crippen LogP contribution >= 0.6 is 11.8 Å². The van der Waals surface area contributed by atoms with Crippen LogP contribution in [0.3, 0.4) is 0 Å². The number of nitro groups is 1. The molecule has 2 rings (SSSR count). The van der Waals surface area contributed by atoms with E-state index in [2.05, 4.69) is 10.6 Å². The lowest BCUT2D eigenvalue weighted by Crippen LogP contribution is -2.44. The topological polar surface area (TPSA) is 149 Å².